The SMILES string of the molecule is CCCc1cc(C(O)(C(F)(F)F)C(F)(F)F)cc(/C=C/c2ccccc2)c1OCCCCN1C(=O)NC(C)(c2ccc(O)c(O)c2)C1=O. The third-order valence-corrected chi connectivity index (χ3v) is 8.06. The molecule has 1 unspecified atom stereocenters. The second-order valence-electron chi connectivity index (χ2n) is 11.5. The van der Waals surface area contributed by atoms with Crippen molar-refractivity contribution in [1.29, 1.82) is 0 Å². The number of imide groups is 1. The zero-order chi connectivity index (χ0) is 35.5. The van der Waals surface area contributed by atoms with Crippen LogP contribution in [0.1, 0.15) is 60.9 Å². The van der Waals surface area contributed by atoms with Gasteiger partial charge in [0.15, 0.2) is 11.5 Å². The number of urea groups is 1. The summed E-state index contributed by atoms with van der Waals surface area (Å²) in [5.41, 5.74) is -7.28. The highest BCUT2D eigenvalue weighted by Gasteiger charge is 2.71. The Hall–Kier alpha value is -4.72. The topological polar surface area (TPSA) is 119 Å². The molecule has 48 heavy (non-hydrogen) atoms. The van der Waals surface area contributed by atoms with Crippen LogP contribution < -0.4 is 10.1 Å². The number of nitrogens with zero attached hydrogens (tertiary/aromatic N) is 1. The third-order valence-electron chi connectivity index (χ3n) is 8.06. The number of phenols is 2. The number of phenolic OH excluding ortho intramolecular Hbond substituents is 2. The Labute approximate surface area is 272 Å². The van der Waals surface area contributed by atoms with E-state index in [-0.39, 0.29) is 54.9 Å². The van der Waals surface area contributed by atoms with Crippen molar-refractivity contribution in [2.24, 2.45) is 0 Å². The molecule has 0 aromatic heterocycles. The van der Waals surface area contributed by atoms with Crippen LogP contribution in [0, 0.1) is 0 Å². The van der Waals surface area contributed by atoms with Gasteiger partial charge in [0, 0.05) is 17.7 Å². The van der Waals surface area contributed by atoms with E-state index >= 15 is 0 Å². The van der Waals surface area contributed by atoms with Crippen molar-refractivity contribution >= 4 is 24.1 Å². The Morgan fingerprint density at radius 1 is 0.896 bits per heavy atom. The molecule has 0 saturated carbocycles. The van der Waals surface area contributed by atoms with Crippen LogP contribution in [0.5, 0.6) is 17.2 Å². The fourth-order valence-corrected chi connectivity index (χ4v) is 5.39. The Morgan fingerprint density at radius 3 is 2.17 bits per heavy atom. The number of ether oxygens (including phenoxy) is 1. The number of aliphatic hydroxyl groups is 1. The van der Waals surface area contributed by atoms with Gasteiger partial charge in [-0.15, -0.1) is 0 Å². The van der Waals surface area contributed by atoms with Crippen LogP contribution in [0.25, 0.3) is 12.2 Å². The van der Waals surface area contributed by atoms with Crippen molar-refractivity contribution in [3.05, 3.63) is 88.5 Å². The van der Waals surface area contributed by atoms with Gasteiger partial charge < -0.3 is 25.4 Å². The molecule has 0 radical (unpaired) electrons. The number of carbonyl (C=O) groups excluding carboxylic acids is 2. The average molecular weight is 681 g/mol. The highest BCUT2D eigenvalue weighted by atomic mass is 19.4. The number of halogens is 6. The zero-order valence-electron chi connectivity index (χ0n) is 26.0. The lowest BCUT2D eigenvalue weighted by atomic mass is 9.87. The van der Waals surface area contributed by atoms with Crippen LogP contribution >= 0.6 is 0 Å². The molecule has 0 aliphatic carbocycles. The highest BCUT2D eigenvalue weighted by Crippen LogP contribution is 2.51. The molecule has 3 aromatic rings. The van der Waals surface area contributed by atoms with E-state index < -0.39 is 52.5 Å². The van der Waals surface area contributed by atoms with Crippen molar-refractivity contribution in [2.75, 3.05) is 13.2 Å². The average Bonchev–Trinajstić information content (AvgIpc) is 3.24. The number of benzene rings is 3. The molecule has 1 saturated heterocycles. The number of rotatable bonds is 12. The third kappa shape index (κ3) is 7.08. The van der Waals surface area contributed by atoms with E-state index in [1.165, 1.54) is 31.2 Å². The summed E-state index contributed by atoms with van der Waals surface area (Å²) in [6, 6.07) is 12.8. The number of amides is 3. The van der Waals surface area contributed by atoms with Crippen LogP contribution in [0.4, 0.5) is 31.1 Å². The van der Waals surface area contributed by atoms with E-state index in [1.807, 2.05) is 0 Å². The lowest BCUT2D eigenvalue weighted by Crippen LogP contribution is -2.54. The van der Waals surface area contributed by atoms with Gasteiger partial charge in [0.2, 0.25) is 0 Å². The van der Waals surface area contributed by atoms with E-state index in [2.05, 4.69) is 5.32 Å². The number of aryl methyl sites for hydroxylation is 1. The first-order valence-electron chi connectivity index (χ1n) is 15.0. The van der Waals surface area contributed by atoms with Crippen molar-refractivity contribution in [3.8, 4) is 17.2 Å². The number of unbranched alkanes of at least 4 members (excludes halogenated alkanes) is 1. The number of hydrogen-bond donors (Lipinski definition) is 4. The van der Waals surface area contributed by atoms with Gasteiger partial charge in [0.25, 0.3) is 11.5 Å². The minimum atomic E-state index is -6.07. The van der Waals surface area contributed by atoms with Gasteiger partial charge in [-0.05, 0) is 67.1 Å². The van der Waals surface area contributed by atoms with E-state index in [4.69, 9.17) is 4.74 Å². The van der Waals surface area contributed by atoms with Gasteiger partial charge in [0.1, 0.15) is 11.3 Å². The fraction of sp³-hybridized carbons (Fsp3) is 0.353. The number of alkyl halides is 6. The summed E-state index contributed by atoms with van der Waals surface area (Å²) in [5, 5.41) is 32.2. The Bertz CT molecular complexity index is 1660. The first-order valence-corrected chi connectivity index (χ1v) is 15.0. The second-order valence-corrected chi connectivity index (χ2v) is 11.5. The van der Waals surface area contributed by atoms with Crippen molar-refractivity contribution in [1.82, 2.24) is 10.2 Å². The maximum Gasteiger partial charge on any atom is 0.430 e. The molecular formula is C34H34F6N2O6. The van der Waals surface area contributed by atoms with Crippen LogP contribution in [0.3, 0.4) is 0 Å². The monoisotopic (exact) mass is 680 g/mol. The summed E-state index contributed by atoms with van der Waals surface area (Å²) >= 11 is 0. The lowest BCUT2D eigenvalue weighted by molar-refractivity contribution is -0.376. The van der Waals surface area contributed by atoms with Crippen molar-refractivity contribution < 1.29 is 56.0 Å². The summed E-state index contributed by atoms with van der Waals surface area (Å²) in [4.78, 5) is 26.9. The van der Waals surface area contributed by atoms with E-state index in [1.54, 1.807) is 37.3 Å². The van der Waals surface area contributed by atoms with Gasteiger partial charge >= 0.3 is 18.4 Å². The largest absolute Gasteiger partial charge is 0.504 e. The zero-order valence-corrected chi connectivity index (χ0v) is 26.0. The van der Waals surface area contributed by atoms with Gasteiger partial charge in [-0.3, -0.25) is 9.69 Å². The van der Waals surface area contributed by atoms with Gasteiger partial charge in [-0.2, -0.15) is 26.3 Å². The highest BCUT2D eigenvalue weighted by molar-refractivity contribution is 6.07. The van der Waals surface area contributed by atoms with Crippen LogP contribution in [-0.4, -0.2) is 57.7 Å². The predicted octanol–water partition coefficient (Wildman–Crippen LogP) is 7.16. The maximum atomic E-state index is 13.8. The minimum absolute atomic E-state index is 0.0247. The van der Waals surface area contributed by atoms with Crippen LogP contribution in [0.2, 0.25) is 0 Å². The smallest absolute Gasteiger partial charge is 0.430 e. The molecule has 0 spiro atoms. The summed E-state index contributed by atoms with van der Waals surface area (Å²) in [5.74, 6) is -1.44. The quantitative estimate of drug-likeness (QED) is 0.0530. The first kappa shape index (κ1) is 36.1. The molecule has 1 heterocycles. The van der Waals surface area contributed by atoms with Crippen molar-refractivity contribution in [3.63, 3.8) is 0 Å². The first-order chi connectivity index (χ1) is 22.4. The summed E-state index contributed by atoms with van der Waals surface area (Å²) in [6.07, 6.45) is -8.51. The molecule has 1 aliphatic rings. The Kier molecular flexibility index (Phi) is 10.4. The molecule has 3 amide bonds. The summed E-state index contributed by atoms with van der Waals surface area (Å²) < 4.78 is 89.0. The molecule has 0 bridgehead atoms. The molecule has 3 aromatic carbocycles. The fourth-order valence-electron chi connectivity index (χ4n) is 5.39. The molecular weight excluding hydrogens is 646 g/mol. The number of nitrogens with one attached hydrogen (secondary N) is 1. The van der Waals surface area contributed by atoms with Crippen molar-refractivity contribution in [2.45, 2.75) is 63.0 Å². The standard InChI is InChI=1S/C34H34F6N2O6/c1-3-9-22-18-25(32(47,33(35,36)37)34(38,39)40)19-23(13-12-21-10-5-4-6-11-21)28(22)48-17-8-7-16-42-29(45)31(2,41-30(42)46)24-14-15-26(43)27(44)20-24/h4-6,10-15,18-20,43-44,47H,3,7-9,16-17H2,1-2H3,(H,41,46)/b13-12+. The Balaban J connectivity index is 1.57. The number of aromatic hydroxyl groups is 2. The minimum Gasteiger partial charge on any atom is -0.504 e. The molecule has 14 heteroatoms. The summed E-state index contributed by atoms with van der Waals surface area (Å²) in [6.45, 7) is 3.02. The molecule has 4 rings (SSSR count). The van der Waals surface area contributed by atoms with E-state index in [0.717, 1.165) is 11.0 Å². The second kappa shape index (κ2) is 13.8. The molecule has 258 valence electrons. The molecule has 1 atom stereocenters. The normalized spacial score (nSPS) is 17.3. The van der Waals surface area contributed by atoms with Gasteiger partial charge in [0.05, 0.1) is 6.61 Å². The van der Waals surface area contributed by atoms with Crippen LogP contribution in [0.15, 0.2) is 60.7 Å². The van der Waals surface area contributed by atoms with Gasteiger partial charge in [-0.25, -0.2) is 4.79 Å². The Morgan fingerprint density at radius 2 is 1.56 bits per heavy atom. The van der Waals surface area contributed by atoms with Crippen LogP contribution in [-0.2, 0) is 22.4 Å². The maximum absolute atomic E-state index is 13.8. The lowest BCUT2D eigenvalue weighted by Gasteiger charge is -2.33. The summed E-state index contributed by atoms with van der Waals surface area (Å²) in [7, 11) is 0. The predicted molar refractivity (Wildman–Crippen MR) is 164 cm³/mol. The van der Waals surface area contributed by atoms with Gasteiger partial charge in [-0.1, -0.05) is 61.9 Å². The number of carbonyl (C=O) groups is 2. The molecule has 8 nitrogen and oxygen atoms in total. The molecule has 4 N–H and O–H groups in total. The molecule has 1 fully saturated rings. The van der Waals surface area contributed by atoms with E-state index in [0.29, 0.717) is 24.1 Å². The number of hydrogen-bond acceptors (Lipinski definition) is 6. The molecule has 1 aliphatic heterocycles. The van der Waals surface area contributed by atoms with E-state index in [9.17, 15) is 51.3 Å².